The molecule has 38 heavy (non-hydrogen) atoms. The quantitative estimate of drug-likeness (QED) is 0.193. The molecule has 12 nitrogen and oxygen atoms in total. The molecule has 0 fully saturated rings. The fourth-order valence-electron chi connectivity index (χ4n) is 3.14. The summed E-state index contributed by atoms with van der Waals surface area (Å²) in [7, 11) is -9.05. The van der Waals surface area contributed by atoms with Crippen LogP contribution in [0.5, 0.6) is 11.5 Å². The molecule has 14 heteroatoms. The number of nitrogens with zero attached hydrogens (tertiary/aromatic N) is 4. The SMILES string of the molecule is O=S(=O)(O)c1ccc(O)c(N=Cc2cc(C=Nc3cc(S(=O)(=O)O)ccc3O)nc(-c3ccccc3)n2)c1. The van der Waals surface area contributed by atoms with E-state index in [0.717, 1.165) is 36.4 Å². The lowest BCUT2D eigenvalue weighted by Gasteiger charge is -2.05. The molecule has 0 atom stereocenters. The van der Waals surface area contributed by atoms with E-state index in [1.807, 2.05) is 0 Å². The average molecular weight is 555 g/mol. The van der Waals surface area contributed by atoms with Crippen LogP contribution in [0.15, 0.2) is 92.6 Å². The van der Waals surface area contributed by atoms with Crippen LogP contribution in [0.2, 0.25) is 0 Å². The van der Waals surface area contributed by atoms with Gasteiger partial charge in [0.05, 0.1) is 33.6 Å². The van der Waals surface area contributed by atoms with Crippen molar-refractivity contribution in [3.05, 3.63) is 84.2 Å². The molecule has 194 valence electrons. The first-order valence-corrected chi connectivity index (χ1v) is 13.4. The Bertz CT molecular complexity index is 1680. The van der Waals surface area contributed by atoms with Gasteiger partial charge in [-0.2, -0.15) is 16.8 Å². The molecule has 0 aliphatic carbocycles. The number of rotatable bonds is 7. The maximum Gasteiger partial charge on any atom is 0.294 e. The number of aliphatic imine (C=N–C) groups is 2. The van der Waals surface area contributed by atoms with Gasteiger partial charge in [0.1, 0.15) is 22.9 Å². The fourth-order valence-corrected chi connectivity index (χ4v) is 4.14. The van der Waals surface area contributed by atoms with E-state index in [9.17, 15) is 36.2 Å². The lowest BCUT2D eigenvalue weighted by Crippen LogP contribution is -2.00. The van der Waals surface area contributed by atoms with Gasteiger partial charge >= 0.3 is 0 Å². The largest absolute Gasteiger partial charge is 0.506 e. The summed E-state index contributed by atoms with van der Waals surface area (Å²) in [5.74, 6) is -0.438. The number of hydrogen-bond donors (Lipinski definition) is 4. The molecule has 0 amide bonds. The molecule has 1 aromatic heterocycles. The Labute approximate surface area is 216 Å². The van der Waals surface area contributed by atoms with Crippen molar-refractivity contribution in [1.29, 1.82) is 0 Å². The summed E-state index contributed by atoms with van der Waals surface area (Å²) in [5.41, 5.74) is 0.759. The predicted octanol–water partition coefficient (Wildman–Crippen LogP) is 3.55. The van der Waals surface area contributed by atoms with Gasteiger partial charge in [-0.1, -0.05) is 30.3 Å². The van der Waals surface area contributed by atoms with E-state index in [-0.39, 0.29) is 40.1 Å². The molecule has 0 spiro atoms. The van der Waals surface area contributed by atoms with Crippen LogP contribution in [0.1, 0.15) is 11.4 Å². The summed E-state index contributed by atoms with van der Waals surface area (Å²) in [6.45, 7) is 0. The molecule has 0 saturated carbocycles. The lowest BCUT2D eigenvalue weighted by molar-refractivity contribution is 0.472. The highest BCUT2D eigenvalue weighted by Gasteiger charge is 2.14. The number of hydrogen-bond acceptors (Lipinski definition) is 10. The van der Waals surface area contributed by atoms with Crippen LogP contribution in [-0.2, 0) is 20.2 Å². The van der Waals surface area contributed by atoms with E-state index in [2.05, 4.69) is 20.0 Å². The normalized spacial score (nSPS) is 12.4. The summed E-state index contributed by atoms with van der Waals surface area (Å²) in [5, 5.41) is 20.1. The molecule has 4 aromatic rings. The number of aromatic nitrogens is 2. The Morgan fingerprint density at radius 2 is 1.08 bits per heavy atom. The Morgan fingerprint density at radius 3 is 1.50 bits per heavy atom. The van der Waals surface area contributed by atoms with Crippen molar-refractivity contribution < 1.29 is 36.2 Å². The number of phenols is 2. The van der Waals surface area contributed by atoms with Gasteiger partial charge in [0, 0.05) is 5.56 Å². The van der Waals surface area contributed by atoms with Crippen LogP contribution in [0.3, 0.4) is 0 Å². The third kappa shape index (κ3) is 6.43. The summed E-state index contributed by atoms with van der Waals surface area (Å²) in [4.78, 5) is 16.0. The van der Waals surface area contributed by atoms with E-state index < -0.39 is 30.0 Å². The maximum atomic E-state index is 11.4. The minimum atomic E-state index is -4.53. The van der Waals surface area contributed by atoms with Crippen molar-refractivity contribution in [3.8, 4) is 22.9 Å². The van der Waals surface area contributed by atoms with Gasteiger partial charge in [-0.3, -0.25) is 19.1 Å². The van der Waals surface area contributed by atoms with Crippen molar-refractivity contribution in [1.82, 2.24) is 9.97 Å². The van der Waals surface area contributed by atoms with Crippen LogP contribution in [0.4, 0.5) is 11.4 Å². The van der Waals surface area contributed by atoms with E-state index in [1.165, 1.54) is 18.5 Å². The van der Waals surface area contributed by atoms with Crippen molar-refractivity contribution in [3.63, 3.8) is 0 Å². The van der Waals surface area contributed by atoms with Crippen molar-refractivity contribution in [2.45, 2.75) is 9.79 Å². The van der Waals surface area contributed by atoms with Crippen LogP contribution < -0.4 is 0 Å². The van der Waals surface area contributed by atoms with E-state index in [4.69, 9.17) is 0 Å². The highest BCUT2D eigenvalue weighted by atomic mass is 32.2. The van der Waals surface area contributed by atoms with E-state index >= 15 is 0 Å². The molecule has 0 bridgehead atoms. The predicted molar refractivity (Wildman–Crippen MR) is 138 cm³/mol. The Balaban J connectivity index is 1.77. The summed E-state index contributed by atoms with van der Waals surface area (Å²) in [6, 6.07) is 16.4. The highest BCUT2D eigenvalue weighted by Crippen LogP contribution is 2.30. The number of benzene rings is 3. The van der Waals surface area contributed by atoms with Crippen LogP contribution >= 0.6 is 0 Å². The second kappa shape index (κ2) is 10.5. The molecule has 4 rings (SSSR count). The zero-order chi connectivity index (χ0) is 27.5. The van der Waals surface area contributed by atoms with Gasteiger partial charge in [-0.15, -0.1) is 0 Å². The van der Waals surface area contributed by atoms with Crippen molar-refractivity contribution >= 4 is 44.0 Å². The molecule has 3 aromatic carbocycles. The molecule has 0 radical (unpaired) electrons. The van der Waals surface area contributed by atoms with E-state index in [0.29, 0.717) is 5.56 Å². The molecule has 0 aliphatic rings. The van der Waals surface area contributed by atoms with Crippen LogP contribution in [-0.4, -0.2) is 58.6 Å². The van der Waals surface area contributed by atoms with E-state index in [1.54, 1.807) is 30.3 Å². The first kappa shape index (κ1) is 26.6. The molecule has 0 saturated heterocycles. The van der Waals surface area contributed by atoms with Gasteiger partial charge in [-0.05, 0) is 42.5 Å². The first-order valence-electron chi connectivity index (χ1n) is 10.5. The van der Waals surface area contributed by atoms with Crippen molar-refractivity contribution in [2.75, 3.05) is 0 Å². The van der Waals surface area contributed by atoms with Gasteiger partial charge in [0.15, 0.2) is 5.82 Å². The lowest BCUT2D eigenvalue weighted by atomic mass is 10.2. The van der Waals surface area contributed by atoms with Crippen LogP contribution in [0.25, 0.3) is 11.4 Å². The first-order chi connectivity index (χ1) is 17.9. The minimum Gasteiger partial charge on any atom is -0.506 e. The smallest absolute Gasteiger partial charge is 0.294 e. The number of phenolic OH excluding ortho intramolecular Hbond substituents is 2. The molecule has 4 N–H and O–H groups in total. The summed E-state index contributed by atoms with van der Waals surface area (Å²) in [6.07, 6.45) is 2.45. The third-order valence-electron chi connectivity index (χ3n) is 4.96. The van der Waals surface area contributed by atoms with Gasteiger partial charge < -0.3 is 10.2 Å². The molecule has 0 unspecified atom stereocenters. The molecule has 1 heterocycles. The third-order valence-corrected chi connectivity index (χ3v) is 6.66. The summed E-state index contributed by atoms with van der Waals surface area (Å²) < 4.78 is 64.2. The fraction of sp³-hybridized carbons (Fsp3) is 0. The summed E-state index contributed by atoms with van der Waals surface area (Å²) >= 11 is 0. The van der Waals surface area contributed by atoms with Gasteiger partial charge in [0.25, 0.3) is 20.2 Å². The second-order valence-electron chi connectivity index (χ2n) is 7.67. The average Bonchev–Trinajstić information content (AvgIpc) is 2.87. The highest BCUT2D eigenvalue weighted by molar-refractivity contribution is 7.86. The number of aromatic hydroxyl groups is 2. The van der Waals surface area contributed by atoms with Gasteiger partial charge in [0.2, 0.25) is 0 Å². The molecular formula is C24H18N4O8S2. The minimum absolute atomic E-state index is 0.151. The molecular weight excluding hydrogens is 536 g/mol. The zero-order valence-electron chi connectivity index (χ0n) is 19.1. The Kier molecular flexibility index (Phi) is 7.32. The Hall–Kier alpha value is -4.50. The van der Waals surface area contributed by atoms with Crippen molar-refractivity contribution in [2.24, 2.45) is 9.98 Å². The Morgan fingerprint density at radius 1 is 0.632 bits per heavy atom. The monoisotopic (exact) mass is 554 g/mol. The topological polar surface area (TPSA) is 200 Å². The maximum absolute atomic E-state index is 11.4. The standard InChI is InChI=1S/C24H18N4O8S2/c29-22-8-6-18(37(31,32)33)11-20(22)25-13-16-10-17(28-24(27-16)15-4-2-1-3-5-15)14-26-21-12-19(38(34,35)36)7-9-23(21)30/h1-14,29-30H,(H,31,32,33)(H,34,35,36). The second-order valence-corrected chi connectivity index (χ2v) is 10.5. The van der Waals surface area contributed by atoms with Crippen LogP contribution in [0, 0.1) is 0 Å². The molecule has 0 aliphatic heterocycles. The zero-order valence-corrected chi connectivity index (χ0v) is 20.7. The van der Waals surface area contributed by atoms with Gasteiger partial charge in [-0.25, -0.2) is 9.97 Å².